The number of nitriles is 1. The van der Waals surface area contributed by atoms with Gasteiger partial charge in [-0.05, 0) is 63.4 Å². The predicted molar refractivity (Wildman–Crippen MR) is 81.0 cm³/mol. The minimum Gasteiger partial charge on any atom is -0.494 e. The van der Waals surface area contributed by atoms with Crippen LogP contribution in [0.5, 0.6) is 5.75 Å². The van der Waals surface area contributed by atoms with Crippen molar-refractivity contribution in [3.63, 3.8) is 0 Å². The first-order chi connectivity index (χ1) is 8.98. The first-order valence-corrected chi connectivity index (χ1v) is 7.30. The van der Waals surface area contributed by atoms with Crippen LogP contribution in [0.3, 0.4) is 0 Å². The molecule has 0 aliphatic heterocycles. The molecule has 0 radical (unpaired) electrons. The van der Waals surface area contributed by atoms with Crippen molar-refractivity contribution in [2.24, 2.45) is 11.1 Å². The van der Waals surface area contributed by atoms with Crippen LogP contribution in [-0.2, 0) is 6.42 Å². The molecule has 0 spiro atoms. The molecule has 0 aliphatic rings. The lowest BCUT2D eigenvalue weighted by atomic mass is 9.90. The van der Waals surface area contributed by atoms with E-state index in [1.807, 2.05) is 32.0 Å². The van der Waals surface area contributed by atoms with Gasteiger partial charge in [-0.1, -0.05) is 15.9 Å². The maximum absolute atomic E-state index is 8.93. The van der Waals surface area contributed by atoms with Crippen LogP contribution in [0.15, 0.2) is 22.7 Å². The molecule has 0 atom stereocenters. The van der Waals surface area contributed by atoms with Crippen LogP contribution >= 0.6 is 15.9 Å². The quantitative estimate of drug-likeness (QED) is 0.778. The standard InChI is InChI=1S/C15H21BrN2O/c1-15(2,11-18)7-3-9-19-13-4-5-14(16)12(10-13)6-8-17/h4-5,10H,3,6-9,17H2,1-2H3. The van der Waals surface area contributed by atoms with Crippen LogP contribution in [-0.4, -0.2) is 13.2 Å². The summed E-state index contributed by atoms with van der Waals surface area (Å²) in [5.41, 5.74) is 6.47. The third kappa shape index (κ3) is 5.63. The van der Waals surface area contributed by atoms with E-state index in [2.05, 4.69) is 22.0 Å². The lowest BCUT2D eigenvalue weighted by molar-refractivity contribution is 0.284. The van der Waals surface area contributed by atoms with Crippen molar-refractivity contribution in [1.82, 2.24) is 0 Å². The molecular formula is C15H21BrN2O. The van der Waals surface area contributed by atoms with E-state index in [4.69, 9.17) is 15.7 Å². The molecule has 0 heterocycles. The van der Waals surface area contributed by atoms with Gasteiger partial charge < -0.3 is 10.5 Å². The molecule has 1 aromatic rings. The molecule has 4 heteroatoms. The summed E-state index contributed by atoms with van der Waals surface area (Å²) in [6.07, 6.45) is 2.55. The van der Waals surface area contributed by atoms with Gasteiger partial charge in [0.2, 0.25) is 0 Å². The van der Waals surface area contributed by atoms with E-state index in [-0.39, 0.29) is 5.41 Å². The molecule has 3 nitrogen and oxygen atoms in total. The van der Waals surface area contributed by atoms with E-state index < -0.39 is 0 Å². The normalized spacial score (nSPS) is 11.1. The SMILES string of the molecule is CC(C)(C#N)CCCOc1ccc(Br)c(CCN)c1. The van der Waals surface area contributed by atoms with Gasteiger partial charge in [0.1, 0.15) is 5.75 Å². The molecule has 1 aromatic carbocycles. The fraction of sp³-hybridized carbons (Fsp3) is 0.533. The van der Waals surface area contributed by atoms with Crippen molar-refractivity contribution in [3.8, 4) is 11.8 Å². The summed E-state index contributed by atoms with van der Waals surface area (Å²) < 4.78 is 6.78. The number of halogens is 1. The molecular weight excluding hydrogens is 304 g/mol. The lowest BCUT2D eigenvalue weighted by Crippen LogP contribution is -2.10. The van der Waals surface area contributed by atoms with Crippen molar-refractivity contribution in [2.75, 3.05) is 13.2 Å². The smallest absolute Gasteiger partial charge is 0.119 e. The average Bonchev–Trinajstić information content (AvgIpc) is 2.38. The van der Waals surface area contributed by atoms with Gasteiger partial charge in [-0.3, -0.25) is 0 Å². The molecule has 0 saturated carbocycles. The number of ether oxygens (including phenoxy) is 1. The molecule has 0 aromatic heterocycles. The summed E-state index contributed by atoms with van der Waals surface area (Å²) in [5, 5.41) is 8.93. The first-order valence-electron chi connectivity index (χ1n) is 6.51. The van der Waals surface area contributed by atoms with Crippen LogP contribution in [0.4, 0.5) is 0 Å². The molecule has 0 unspecified atom stereocenters. The Bertz CT molecular complexity index is 452. The number of nitrogens with zero attached hydrogens (tertiary/aromatic N) is 1. The second-order valence-corrected chi connectivity index (χ2v) is 6.09. The zero-order valence-electron chi connectivity index (χ0n) is 11.6. The summed E-state index contributed by atoms with van der Waals surface area (Å²) in [6, 6.07) is 8.25. The Labute approximate surface area is 123 Å². The number of hydrogen-bond acceptors (Lipinski definition) is 3. The summed E-state index contributed by atoms with van der Waals surface area (Å²) in [6.45, 7) is 5.16. The van der Waals surface area contributed by atoms with Crippen LogP contribution in [0, 0.1) is 16.7 Å². The summed E-state index contributed by atoms with van der Waals surface area (Å²) in [5.74, 6) is 0.862. The number of benzene rings is 1. The van der Waals surface area contributed by atoms with Crippen LogP contribution in [0.25, 0.3) is 0 Å². The third-order valence-corrected chi connectivity index (χ3v) is 3.72. The highest BCUT2D eigenvalue weighted by Gasteiger charge is 2.15. The van der Waals surface area contributed by atoms with Gasteiger partial charge in [0, 0.05) is 4.47 Å². The minimum absolute atomic E-state index is 0.270. The van der Waals surface area contributed by atoms with E-state index in [0.717, 1.165) is 35.0 Å². The van der Waals surface area contributed by atoms with Gasteiger partial charge in [0.25, 0.3) is 0 Å². The molecule has 1 rings (SSSR count). The molecule has 104 valence electrons. The van der Waals surface area contributed by atoms with Gasteiger partial charge in [0.15, 0.2) is 0 Å². The van der Waals surface area contributed by atoms with Crippen molar-refractivity contribution >= 4 is 15.9 Å². The summed E-state index contributed by atoms with van der Waals surface area (Å²) >= 11 is 3.50. The van der Waals surface area contributed by atoms with Gasteiger partial charge in [-0.15, -0.1) is 0 Å². The number of nitrogens with two attached hydrogens (primary N) is 1. The molecule has 19 heavy (non-hydrogen) atoms. The highest BCUT2D eigenvalue weighted by molar-refractivity contribution is 9.10. The topological polar surface area (TPSA) is 59.0 Å². The monoisotopic (exact) mass is 324 g/mol. The van der Waals surface area contributed by atoms with E-state index in [1.54, 1.807) is 0 Å². The molecule has 0 aliphatic carbocycles. The summed E-state index contributed by atoms with van der Waals surface area (Å²) in [7, 11) is 0. The highest BCUT2D eigenvalue weighted by atomic mass is 79.9. The molecule has 0 fully saturated rings. The van der Waals surface area contributed by atoms with Gasteiger partial charge in [0.05, 0.1) is 18.1 Å². The van der Waals surface area contributed by atoms with E-state index in [9.17, 15) is 0 Å². The van der Waals surface area contributed by atoms with Crippen molar-refractivity contribution < 1.29 is 4.74 Å². The molecule has 0 saturated heterocycles. The lowest BCUT2D eigenvalue weighted by Gasteiger charge is -2.15. The Balaban J connectivity index is 2.46. The first kappa shape index (κ1) is 16.0. The largest absolute Gasteiger partial charge is 0.494 e. The van der Waals surface area contributed by atoms with Gasteiger partial charge in [-0.25, -0.2) is 0 Å². The maximum Gasteiger partial charge on any atom is 0.119 e. The fourth-order valence-corrected chi connectivity index (χ4v) is 2.19. The Morgan fingerprint density at radius 1 is 1.42 bits per heavy atom. The average molecular weight is 325 g/mol. The zero-order chi connectivity index (χ0) is 14.3. The molecule has 0 amide bonds. The molecule has 2 N–H and O–H groups in total. The Kier molecular flexibility index (Phi) is 6.33. The Morgan fingerprint density at radius 3 is 2.79 bits per heavy atom. The summed E-state index contributed by atoms with van der Waals surface area (Å²) in [4.78, 5) is 0. The van der Waals surface area contributed by atoms with Crippen LogP contribution in [0.1, 0.15) is 32.3 Å². The second kappa shape index (κ2) is 7.52. The minimum atomic E-state index is -0.270. The van der Waals surface area contributed by atoms with Crippen molar-refractivity contribution in [3.05, 3.63) is 28.2 Å². The van der Waals surface area contributed by atoms with E-state index >= 15 is 0 Å². The third-order valence-electron chi connectivity index (χ3n) is 2.95. The predicted octanol–water partition coefficient (Wildman–Crippen LogP) is 3.66. The Hall–Kier alpha value is -1.05. The molecule has 0 bridgehead atoms. The zero-order valence-corrected chi connectivity index (χ0v) is 13.2. The fourth-order valence-electron chi connectivity index (χ4n) is 1.75. The van der Waals surface area contributed by atoms with Crippen LogP contribution in [0.2, 0.25) is 0 Å². The van der Waals surface area contributed by atoms with E-state index in [0.29, 0.717) is 13.2 Å². The maximum atomic E-state index is 8.93. The highest BCUT2D eigenvalue weighted by Crippen LogP contribution is 2.24. The van der Waals surface area contributed by atoms with Crippen molar-refractivity contribution in [1.29, 1.82) is 5.26 Å². The number of rotatable bonds is 7. The van der Waals surface area contributed by atoms with E-state index in [1.165, 1.54) is 0 Å². The van der Waals surface area contributed by atoms with Gasteiger partial charge >= 0.3 is 0 Å². The van der Waals surface area contributed by atoms with Crippen molar-refractivity contribution in [2.45, 2.75) is 33.1 Å². The van der Waals surface area contributed by atoms with Crippen LogP contribution < -0.4 is 10.5 Å². The Morgan fingerprint density at radius 2 is 2.16 bits per heavy atom. The second-order valence-electron chi connectivity index (χ2n) is 5.24. The number of hydrogen-bond donors (Lipinski definition) is 1. The van der Waals surface area contributed by atoms with Gasteiger partial charge in [-0.2, -0.15) is 5.26 Å².